The third-order valence-corrected chi connectivity index (χ3v) is 5.30. The van der Waals surface area contributed by atoms with Crippen molar-refractivity contribution in [2.45, 2.75) is 12.8 Å². The van der Waals surface area contributed by atoms with E-state index in [9.17, 15) is 0 Å². The number of ether oxygens (including phenoxy) is 2. The summed E-state index contributed by atoms with van der Waals surface area (Å²) in [4.78, 5) is 11.9. The van der Waals surface area contributed by atoms with Crippen molar-refractivity contribution in [3.63, 3.8) is 0 Å². The summed E-state index contributed by atoms with van der Waals surface area (Å²) >= 11 is 0. The van der Waals surface area contributed by atoms with Gasteiger partial charge in [-0.05, 0) is 94.9 Å². The van der Waals surface area contributed by atoms with E-state index in [4.69, 9.17) is 19.4 Å². The van der Waals surface area contributed by atoms with Gasteiger partial charge in [0.05, 0.1) is 25.6 Å². The molecular formula is C26H27FeN3O2+2. The fourth-order valence-corrected chi connectivity index (χ4v) is 3.66. The molecule has 2 saturated carbocycles. The van der Waals surface area contributed by atoms with Gasteiger partial charge in [-0.3, -0.25) is 0 Å². The van der Waals surface area contributed by atoms with Crippen LogP contribution in [-0.2, 0) is 17.1 Å². The van der Waals surface area contributed by atoms with Gasteiger partial charge in [-0.25, -0.2) is 9.97 Å². The van der Waals surface area contributed by atoms with Crippen molar-refractivity contribution in [2.24, 2.45) is 0 Å². The Labute approximate surface area is 203 Å². The Balaban J connectivity index is 0.000000427. The molecule has 2 aromatic rings. The smallest absolute Gasteiger partial charge is 0.497 e. The van der Waals surface area contributed by atoms with Crippen LogP contribution in [0.1, 0.15) is 18.5 Å². The van der Waals surface area contributed by atoms with Crippen LogP contribution in [0.4, 0.5) is 5.95 Å². The molecule has 1 aliphatic heterocycles. The summed E-state index contributed by atoms with van der Waals surface area (Å²) in [5.74, 6) is 3.42. The van der Waals surface area contributed by atoms with Crippen LogP contribution < -0.4 is 14.4 Å². The van der Waals surface area contributed by atoms with Crippen molar-refractivity contribution < 1.29 is 26.5 Å². The van der Waals surface area contributed by atoms with Gasteiger partial charge < -0.3 is 14.4 Å². The molecule has 0 N–H and O–H groups in total. The van der Waals surface area contributed by atoms with Crippen LogP contribution in [0, 0.1) is 63.7 Å². The average molecular weight is 469 g/mol. The Morgan fingerprint density at radius 2 is 1.38 bits per heavy atom. The number of nitrogens with zero attached hydrogens (tertiary/aromatic N) is 3. The van der Waals surface area contributed by atoms with Crippen molar-refractivity contribution in [3.05, 3.63) is 93.7 Å². The molecule has 0 spiro atoms. The summed E-state index contributed by atoms with van der Waals surface area (Å²) in [6.45, 7) is 2.00. The van der Waals surface area contributed by atoms with Gasteiger partial charge in [-0.15, -0.1) is 0 Å². The molecule has 0 bridgehead atoms. The van der Waals surface area contributed by atoms with Crippen LogP contribution in [-0.4, -0.2) is 37.3 Å². The minimum absolute atomic E-state index is 0. The zero-order chi connectivity index (χ0) is 21.5. The SMILES string of the molecule is COc1ccc(OC)c(-c2cc([C]3[CH][CH][CH][CH]3)nc(N3CCCC3)n2)c1.[CH]1[CH][CH][CH][CH]1.[Fe+2]. The number of rotatable bonds is 5. The normalized spacial score (nSPS) is 18.1. The Hall–Kier alpha value is -1.78. The van der Waals surface area contributed by atoms with E-state index in [0.717, 1.165) is 53.4 Å². The van der Waals surface area contributed by atoms with E-state index in [-0.39, 0.29) is 17.1 Å². The van der Waals surface area contributed by atoms with E-state index in [2.05, 4.69) is 17.7 Å². The monoisotopic (exact) mass is 469 g/mol. The quantitative estimate of drug-likeness (QED) is 0.603. The van der Waals surface area contributed by atoms with Crippen molar-refractivity contribution in [1.29, 1.82) is 0 Å². The maximum absolute atomic E-state index is 5.57. The predicted molar refractivity (Wildman–Crippen MR) is 123 cm³/mol. The van der Waals surface area contributed by atoms with E-state index in [1.807, 2.05) is 69.2 Å². The maximum atomic E-state index is 5.57. The van der Waals surface area contributed by atoms with E-state index in [1.54, 1.807) is 14.2 Å². The maximum Gasteiger partial charge on any atom is 2.00 e. The second-order valence-corrected chi connectivity index (χ2v) is 7.33. The Morgan fingerprint density at radius 1 is 0.750 bits per heavy atom. The van der Waals surface area contributed by atoms with Gasteiger partial charge in [0.1, 0.15) is 11.5 Å². The average Bonchev–Trinajstić information content (AvgIpc) is 3.63. The first-order chi connectivity index (χ1) is 15.3. The third-order valence-electron chi connectivity index (χ3n) is 5.30. The van der Waals surface area contributed by atoms with E-state index in [1.165, 1.54) is 12.8 Å². The Bertz CT molecular complexity index is 803. The van der Waals surface area contributed by atoms with Crippen LogP contribution in [0.2, 0.25) is 0 Å². The van der Waals surface area contributed by atoms with Crippen molar-refractivity contribution >= 4 is 5.95 Å². The van der Waals surface area contributed by atoms with E-state index >= 15 is 0 Å². The molecule has 2 aliphatic carbocycles. The molecular weight excluding hydrogens is 442 g/mol. The number of hydrogen-bond acceptors (Lipinski definition) is 5. The van der Waals surface area contributed by atoms with Gasteiger partial charge in [0.2, 0.25) is 5.95 Å². The molecule has 0 amide bonds. The van der Waals surface area contributed by atoms with Crippen LogP contribution in [0.5, 0.6) is 11.5 Å². The molecule has 10 radical (unpaired) electrons. The van der Waals surface area contributed by atoms with Crippen molar-refractivity contribution in [1.82, 2.24) is 9.97 Å². The second-order valence-electron chi connectivity index (χ2n) is 7.33. The van der Waals surface area contributed by atoms with Crippen molar-refractivity contribution in [3.8, 4) is 22.8 Å². The van der Waals surface area contributed by atoms with E-state index in [0.29, 0.717) is 0 Å². The molecule has 3 fully saturated rings. The van der Waals surface area contributed by atoms with Gasteiger partial charge in [-0.2, -0.15) is 0 Å². The Kier molecular flexibility index (Phi) is 9.68. The van der Waals surface area contributed by atoms with Crippen molar-refractivity contribution in [2.75, 3.05) is 32.2 Å². The number of hydrogen-bond donors (Lipinski definition) is 0. The molecule has 0 unspecified atom stereocenters. The predicted octanol–water partition coefficient (Wildman–Crippen LogP) is 4.53. The first-order valence-corrected chi connectivity index (χ1v) is 10.5. The first-order valence-electron chi connectivity index (χ1n) is 10.5. The van der Waals surface area contributed by atoms with E-state index < -0.39 is 0 Å². The molecule has 1 aromatic heterocycles. The van der Waals surface area contributed by atoms with Crippen LogP contribution in [0.15, 0.2) is 24.3 Å². The zero-order valence-corrected chi connectivity index (χ0v) is 19.4. The van der Waals surface area contributed by atoms with Crippen LogP contribution in [0.3, 0.4) is 0 Å². The van der Waals surface area contributed by atoms with Gasteiger partial charge in [-0.1, -0.05) is 0 Å². The summed E-state index contributed by atoms with van der Waals surface area (Å²) in [7, 11) is 3.34. The van der Waals surface area contributed by atoms with Gasteiger partial charge in [0, 0.05) is 24.6 Å². The zero-order valence-electron chi connectivity index (χ0n) is 18.3. The fourth-order valence-electron chi connectivity index (χ4n) is 3.66. The summed E-state index contributed by atoms with van der Waals surface area (Å²) in [6, 6.07) is 7.78. The Morgan fingerprint density at radius 3 is 1.97 bits per heavy atom. The minimum atomic E-state index is 0. The summed E-state index contributed by atoms with van der Waals surface area (Å²) < 4.78 is 11.0. The van der Waals surface area contributed by atoms with Gasteiger partial charge >= 0.3 is 17.1 Å². The molecule has 5 nitrogen and oxygen atoms in total. The molecule has 3 aliphatic rings. The number of aromatic nitrogens is 2. The number of anilines is 1. The molecule has 32 heavy (non-hydrogen) atoms. The number of methoxy groups -OCH3 is 2. The third kappa shape index (κ3) is 6.17. The summed E-state index contributed by atoms with van der Waals surface area (Å²) in [5.41, 5.74) is 2.67. The molecule has 2 heterocycles. The summed E-state index contributed by atoms with van der Waals surface area (Å²) in [5, 5.41) is 0. The molecule has 5 rings (SSSR count). The standard InChI is InChI=1S/C21H22N3O2.C5H5.Fe/c1-25-16-9-10-20(26-2)17(13-16)19-14-18(15-7-3-4-8-15)22-21(23-19)24-11-5-6-12-24;1-2-4-5-3-1;/h3-4,7-10,13-14H,5-6,11-12H2,1-2H3;1-5H;/q;;+2. The molecule has 6 heteroatoms. The number of benzene rings is 1. The minimum Gasteiger partial charge on any atom is -0.497 e. The van der Waals surface area contributed by atoms with Crippen LogP contribution >= 0.6 is 0 Å². The summed E-state index contributed by atoms with van der Waals surface area (Å²) in [6.07, 6.45) is 20.6. The molecule has 0 atom stereocenters. The topological polar surface area (TPSA) is 47.5 Å². The fraction of sp³-hybridized carbons (Fsp3) is 0.231. The largest absolute Gasteiger partial charge is 2.00 e. The van der Waals surface area contributed by atoms with Gasteiger partial charge in [0.25, 0.3) is 0 Å². The molecule has 1 saturated heterocycles. The van der Waals surface area contributed by atoms with Gasteiger partial charge in [0.15, 0.2) is 0 Å². The molecule has 164 valence electrons. The molecule has 1 aromatic carbocycles. The second kappa shape index (κ2) is 12.5. The first kappa shape index (κ1) is 24.9. The van der Waals surface area contributed by atoms with Crippen LogP contribution in [0.25, 0.3) is 11.3 Å².